The zero-order valence-electron chi connectivity index (χ0n) is 20.2. The number of rotatable bonds is 6. The summed E-state index contributed by atoms with van der Waals surface area (Å²) < 4.78 is 5.91. The minimum Gasteiger partial charge on any atom is -0.490 e. The maximum atomic E-state index is 13.1. The maximum absolute atomic E-state index is 13.1. The number of nitrogens with one attached hydrogen (secondary N) is 2. The maximum Gasteiger partial charge on any atom is 0.255 e. The average Bonchev–Trinajstić information content (AvgIpc) is 3.22. The van der Waals surface area contributed by atoms with Crippen molar-refractivity contribution in [2.45, 2.75) is 40.2 Å². The Morgan fingerprint density at radius 3 is 2.65 bits per heavy atom. The highest BCUT2D eigenvalue weighted by molar-refractivity contribution is 5.97. The lowest BCUT2D eigenvalue weighted by molar-refractivity contribution is 0.0948. The molecule has 2 N–H and O–H groups in total. The van der Waals surface area contributed by atoms with E-state index in [0.717, 1.165) is 28.6 Å². The number of ether oxygens (including phenoxy) is 1. The van der Waals surface area contributed by atoms with Crippen LogP contribution in [0.15, 0.2) is 66.9 Å². The van der Waals surface area contributed by atoms with E-state index in [0.29, 0.717) is 17.9 Å². The summed E-state index contributed by atoms with van der Waals surface area (Å²) in [5.41, 5.74) is 6.90. The Bertz CT molecular complexity index is 1390. The van der Waals surface area contributed by atoms with Crippen molar-refractivity contribution in [1.29, 1.82) is 0 Å². The molecule has 34 heavy (non-hydrogen) atoms. The van der Waals surface area contributed by atoms with Crippen LogP contribution in [-0.4, -0.2) is 23.5 Å². The molecule has 0 atom stereocenters. The van der Waals surface area contributed by atoms with Crippen LogP contribution < -0.4 is 10.1 Å². The average molecular weight is 451 g/mol. The molecule has 1 heterocycles. The molecule has 0 unspecified atom stereocenters. The van der Waals surface area contributed by atoms with E-state index in [1.807, 2.05) is 56.4 Å². The van der Waals surface area contributed by atoms with Gasteiger partial charge in [0.1, 0.15) is 5.75 Å². The van der Waals surface area contributed by atoms with Crippen molar-refractivity contribution in [2.24, 2.45) is 0 Å². The second-order valence-electron chi connectivity index (χ2n) is 8.81. The van der Waals surface area contributed by atoms with Crippen molar-refractivity contribution < 1.29 is 9.53 Å². The van der Waals surface area contributed by atoms with Gasteiger partial charge in [0.25, 0.3) is 5.91 Å². The monoisotopic (exact) mass is 450 g/mol. The molecule has 0 radical (unpaired) electrons. The van der Waals surface area contributed by atoms with E-state index < -0.39 is 0 Å². The minimum atomic E-state index is -0.161. The summed E-state index contributed by atoms with van der Waals surface area (Å²) in [6.07, 6.45) is 2.71. The first-order valence-corrected chi connectivity index (χ1v) is 11.6. The number of para-hydroxylation sites is 1. The molecule has 172 valence electrons. The molecule has 0 bridgehead atoms. The van der Waals surface area contributed by atoms with Gasteiger partial charge in [-0.15, -0.1) is 0 Å². The topological polar surface area (TPSA) is 54.1 Å². The zero-order chi connectivity index (χ0) is 24.1. The van der Waals surface area contributed by atoms with Crippen LogP contribution in [0.25, 0.3) is 10.9 Å². The molecule has 1 aromatic heterocycles. The van der Waals surface area contributed by atoms with Gasteiger partial charge in [0.2, 0.25) is 0 Å². The summed E-state index contributed by atoms with van der Waals surface area (Å²) >= 11 is 0. The standard InChI is InChI=1S/C30H30N2O2/c1-20(2)34-29-14-11-23(10-13-24-12-9-21(3)17-22(24)4)18-27(29)30(33)31-16-15-25-19-32-28-8-6-5-7-26(25)28/h5-9,11-12,14,17-20,32H,15-16H2,1-4H3,(H,31,33). The van der Waals surface area contributed by atoms with Crippen LogP contribution in [0.2, 0.25) is 0 Å². The van der Waals surface area contributed by atoms with E-state index in [-0.39, 0.29) is 12.0 Å². The van der Waals surface area contributed by atoms with Gasteiger partial charge in [0, 0.05) is 34.8 Å². The molecule has 4 nitrogen and oxygen atoms in total. The highest BCUT2D eigenvalue weighted by Crippen LogP contribution is 2.22. The largest absolute Gasteiger partial charge is 0.490 e. The van der Waals surface area contributed by atoms with E-state index in [2.05, 4.69) is 60.3 Å². The number of aryl methyl sites for hydroxylation is 2. The first-order valence-electron chi connectivity index (χ1n) is 11.6. The number of carbonyl (C=O) groups excluding carboxylic acids is 1. The van der Waals surface area contributed by atoms with E-state index in [9.17, 15) is 4.79 Å². The van der Waals surface area contributed by atoms with Crippen molar-refractivity contribution in [3.8, 4) is 17.6 Å². The van der Waals surface area contributed by atoms with Crippen molar-refractivity contribution in [2.75, 3.05) is 6.54 Å². The number of fused-ring (bicyclic) bond motifs is 1. The molecule has 3 aromatic carbocycles. The van der Waals surface area contributed by atoms with Crippen LogP contribution in [0, 0.1) is 25.7 Å². The molecule has 0 fully saturated rings. The van der Waals surface area contributed by atoms with Crippen LogP contribution >= 0.6 is 0 Å². The Balaban J connectivity index is 1.52. The van der Waals surface area contributed by atoms with Crippen LogP contribution in [0.3, 0.4) is 0 Å². The number of hydrogen-bond donors (Lipinski definition) is 2. The number of aromatic amines is 1. The van der Waals surface area contributed by atoms with E-state index in [1.54, 1.807) is 0 Å². The molecule has 0 spiro atoms. The summed E-state index contributed by atoms with van der Waals surface area (Å²) in [6, 6.07) is 19.9. The molecule has 4 aromatic rings. The third-order valence-corrected chi connectivity index (χ3v) is 5.67. The molecule has 0 saturated heterocycles. The van der Waals surface area contributed by atoms with Gasteiger partial charge in [-0.25, -0.2) is 0 Å². The molecule has 0 saturated carbocycles. The zero-order valence-corrected chi connectivity index (χ0v) is 20.2. The molecular weight excluding hydrogens is 420 g/mol. The Morgan fingerprint density at radius 1 is 1.03 bits per heavy atom. The Morgan fingerprint density at radius 2 is 1.85 bits per heavy atom. The normalized spacial score (nSPS) is 10.7. The van der Waals surface area contributed by atoms with Gasteiger partial charge in [-0.3, -0.25) is 4.79 Å². The predicted octanol–water partition coefficient (Wildman–Crippen LogP) is 5.94. The SMILES string of the molecule is Cc1ccc(C#Cc2ccc(OC(C)C)c(C(=O)NCCc3c[nH]c4ccccc34)c2)c(C)c1. The van der Waals surface area contributed by atoms with Crippen LogP contribution in [0.5, 0.6) is 5.75 Å². The predicted molar refractivity (Wildman–Crippen MR) is 138 cm³/mol. The van der Waals surface area contributed by atoms with Gasteiger partial charge in [-0.1, -0.05) is 47.7 Å². The smallest absolute Gasteiger partial charge is 0.255 e. The second-order valence-corrected chi connectivity index (χ2v) is 8.81. The Labute approximate surface area is 201 Å². The summed E-state index contributed by atoms with van der Waals surface area (Å²) in [5, 5.41) is 4.24. The summed E-state index contributed by atoms with van der Waals surface area (Å²) in [5.74, 6) is 6.85. The van der Waals surface area contributed by atoms with Crippen molar-refractivity contribution in [3.05, 3.63) is 100 Å². The lowest BCUT2D eigenvalue weighted by atomic mass is 10.0. The van der Waals surface area contributed by atoms with Gasteiger partial charge in [0.15, 0.2) is 0 Å². The van der Waals surface area contributed by atoms with Crippen LogP contribution in [0.4, 0.5) is 0 Å². The molecule has 0 aliphatic rings. The van der Waals surface area contributed by atoms with Gasteiger partial charge >= 0.3 is 0 Å². The highest BCUT2D eigenvalue weighted by Gasteiger charge is 2.15. The number of hydrogen-bond acceptors (Lipinski definition) is 2. The summed E-state index contributed by atoms with van der Waals surface area (Å²) in [4.78, 5) is 16.4. The van der Waals surface area contributed by atoms with E-state index in [1.165, 1.54) is 16.5 Å². The molecule has 0 aliphatic carbocycles. The third kappa shape index (κ3) is 5.50. The number of aromatic nitrogens is 1. The van der Waals surface area contributed by atoms with Gasteiger partial charge < -0.3 is 15.0 Å². The van der Waals surface area contributed by atoms with Crippen LogP contribution in [0.1, 0.15) is 52.0 Å². The summed E-state index contributed by atoms with van der Waals surface area (Å²) in [6.45, 7) is 8.56. The molecule has 4 rings (SSSR count). The van der Waals surface area contributed by atoms with E-state index >= 15 is 0 Å². The lowest BCUT2D eigenvalue weighted by Gasteiger charge is -2.14. The quantitative estimate of drug-likeness (QED) is 0.357. The fourth-order valence-corrected chi connectivity index (χ4v) is 3.98. The number of H-pyrrole nitrogens is 1. The highest BCUT2D eigenvalue weighted by atomic mass is 16.5. The van der Waals surface area contributed by atoms with Gasteiger partial charge in [-0.05, 0) is 75.6 Å². The molecular formula is C30H30N2O2. The minimum absolute atomic E-state index is 0.0371. The van der Waals surface area contributed by atoms with Crippen molar-refractivity contribution in [1.82, 2.24) is 10.3 Å². The number of benzene rings is 3. The van der Waals surface area contributed by atoms with Crippen molar-refractivity contribution >= 4 is 16.8 Å². The van der Waals surface area contributed by atoms with Crippen LogP contribution in [-0.2, 0) is 6.42 Å². The lowest BCUT2D eigenvalue weighted by Crippen LogP contribution is -2.26. The molecule has 1 amide bonds. The Hall–Kier alpha value is -3.97. The van der Waals surface area contributed by atoms with Crippen molar-refractivity contribution in [3.63, 3.8) is 0 Å². The molecule has 0 aliphatic heterocycles. The van der Waals surface area contributed by atoms with Gasteiger partial charge in [0.05, 0.1) is 11.7 Å². The fraction of sp³-hybridized carbons (Fsp3) is 0.233. The fourth-order valence-electron chi connectivity index (χ4n) is 3.98. The second kappa shape index (κ2) is 10.3. The first-order chi connectivity index (χ1) is 16.4. The third-order valence-electron chi connectivity index (χ3n) is 5.67. The summed E-state index contributed by atoms with van der Waals surface area (Å²) in [7, 11) is 0. The first kappa shape index (κ1) is 23.2. The Kier molecular flexibility index (Phi) is 7.04. The number of amides is 1. The number of carbonyl (C=O) groups is 1. The van der Waals surface area contributed by atoms with E-state index in [4.69, 9.17) is 4.74 Å². The van der Waals surface area contributed by atoms with Gasteiger partial charge in [-0.2, -0.15) is 0 Å². The molecule has 4 heteroatoms.